The lowest BCUT2D eigenvalue weighted by Crippen LogP contribution is -2.44. The molecule has 0 unspecified atom stereocenters. The largest absolute Gasteiger partial charge is 0.376 e. The van der Waals surface area contributed by atoms with E-state index >= 15 is 0 Å². The Morgan fingerprint density at radius 1 is 1.16 bits per heavy atom. The van der Waals surface area contributed by atoms with Crippen LogP contribution in [0.25, 0.3) is 6.08 Å². The van der Waals surface area contributed by atoms with E-state index in [1.165, 1.54) is 6.08 Å². The van der Waals surface area contributed by atoms with Crippen LogP contribution in [0.15, 0.2) is 29.8 Å². The molecule has 1 saturated heterocycles. The molecule has 0 spiro atoms. The van der Waals surface area contributed by atoms with Crippen LogP contribution in [0, 0.1) is 17.2 Å². The van der Waals surface area contributed by atoms with E-state index < -0.39 is 5.91 Å². The van der Waals surface area contributed by atoms with Crippen LogP contribution in [0.4, 0.5) is 5.69 Å². The summed E-state index contributed by atoms with van der Waals surface area (Å²) in [6.45, 7) is 19.7. The van der Waals surface area contributed by atoms with E-state index in [2.05, 4.69) is 51.5 Å². The Labute approximate surface area is 196 Å². The van der Waals surface area contributed by atoms with Gasteiger partial charge in [0.05, 0.1) is 5.60 Å². The Bertz CT molecular complexity index is 720. The minimum atomic E-state index is -0.698. The molecular weight excluding hydrogens is 400 g/mol. The van der Waals surface area contributed by atoms with Gasteiger partial charge in [0.15, 0.2) is 0 Å². The predicted octanol–water partition coefficient (Wildman–Crippen LogP) is 4.70. The summed E-state index contributed by atoms with van der Waals surface area (Å²) in [5, 5.41) is 8.81. The third-order valence-electron chi connectivity index (χ3n) is 4.69. The van der Waals surface area contributed by atoms with Gasteiger partial charge in [-0.1, -0.05) is 39.8 Å². The Morgan fingerprint density at radius 3 is 2.09 bits per heavy atom. The number of ether oxygens (including phenoxy) is 1. The van der Waals surface area contributed by atoms with Gasteiger partial charge in [0, 0.05) is 38.5 Å². The molecule has 1 heterocycles. The van der Waals surface area contributed by atoms with Crippen molar-refractivity contribution in [3.63, 3.8) is 0 Å². The van der Waals surface area contributed by atoms with E-state index in [-0.39, 0.29) is 11.2 Å². The molecule has 6 nitrogen and oxygen atoms in total. The Kier molecular flexibility index (Phi) is 14.3. The summed E-state index contributed by atoms with van der Waals surface area (Å²) in [6, 6.07) is 9.61. The average Bonchev–Trinajstić information content (AvgIpc) is 2.73. The Balaban J connectivity index is 0.000000680. The Morgan fingerprint density at radius 2 is 1.69 bits per heavy atom. The van der Waals surface area contributed by atoms with E-state index in [9.17, 15) is 4.79 Å². The number of primary amides is 1. The van der Waals surface area contributed by atoms with Crippen LogP contribution in [0.2, 0.25) is 0 Å². The normalized spacial score (nSPS) is 14.6. The minimum Gasteiger partial charge on any atom is -0.376 e. The number of hydrogen-bond donors (Lipinski definition) is 1. The molecule has 0 saturated carbocycles. The van der Waals surface area contributed by atoms with Crippen LogP contribution in [-0.4, -0.2) is 56.2 Å². The van der Waals surface area contributed by atoms with E-state index in [1.54, 1.807) is 6.07 Å². The summed E-state index contributed by atoms with van der Waals surface area (Å²) in [7, 11) is 2.12. The molecule has 1 aliphatic heterocycles. The lowest BCUT2D eigenvalue weighted by atomic mass is 10.1. The highest BCUT2D eigenvalue weighted by atomic mass is 16.5. The van der Waals surface area contributed by atoms with Gasteiger partial charge in [0.2, 0.25) is 0 Å². The van der Waals surface area contributed by atoms with Crippen molar-refractivity contribution in [2.24, 2.45) is 11.7 Å². The fourth-order valence-corrected chi connectivity index (χ4v) is 2.77. The molecule has 0 radical (unpaired) electrons. The van der Waals surface area contributed by atoms with Crippen LogP contribution in [0.1, 0.15) is 60.5 Å². The maximum Gasteiger partial charge on any atom is 0.259 e. The minimum absolute atomic E-state index is 0.0302. The number of likely N-dealkylation sites (N-methyl/N-ethyl adjacent to an activating group) is 1. The van der Waals surface area contributed by atoms with Crippen LogP contribution >= 0.6 is 0 Å². The summed E-state index contributed by atoms with van der Waals surface area (Å²) in [5.74, 6) is 0.0537. The molecule has 1 fully saturated rings. The number of amides is 1. The van der Waals surface area contributed by atoms with Gasteiger partial charge < -0.3 is 20.3 Å². The van der Waals surface area contributed by atoms with Crippen LogP contribution in [0.3, 0.4) is 0 Å². The van der Waals surface area contributed by atoms with Crippen molar-refractivity contribution >= 4 is 17.7 Å². The monoisotopic (exact) mass is 444 g/mol. The zero-order valence-electron chi connectivity index (χ0n) is 21.4. The zero-order chi connectivity index (χ0) is 24.7. The van der Waals surface area contributed by atoms with Crippen LogP contribution < -0.4 is 10.6 Å². The number of benzene rings is 1. The predicted molar refractivity (Wildman–Crippen MR) is 135 cm³/mol. The smallest absolute Gasteiger partial charge is 0.259 e. The second-order valence-electron chi connectivity index (χ2n) is 9.06. The van der Waals surface area contributed by atoms with E-state index in [0.29, 0.717) is 0 Å². The number of hydrogen-bond acceptors (Lipinski definition) is 5. The van der Waals surface area contributed by atoms with Crippen molar-refractivity contribution in [3.05, 3.63) is 35.4 Å². The molecule has 1 aromatic rings. The highest BCUT2D eigenvalue weighted by Gasteiger charge is 2.14. The first-order valence-corrected chi connectivity index (χ1v) is 11.6. The summed E-state index contributed by atoms with van der Waals surface area (Å²) >= 11 is 0. The second kappa shape index (κ2) is 15.4. The molecule has 0 aliphatic carbocycles. The maximum atomic E-state index is 11.0. The summed E-state index contributed by atoms with van der Waals surface area (Å²) in [4.78, 5) is 15.6. The lowest BCUT2D eigenvalue weighted by molar-refractivity contribution is -0.114. The quantitative estimate of drug-likeness (QED) is 0.508. The van der Waals surface area contributed by atoms with Gasteiger partial charge >= 0.3 is 0 Å². The number of nitrogens with two attached hydrogens (primary N) is 1. The molecule has 180 valence electrons. The van der Waals surface area contributed by atoms with Crippen LogP contribution in [-0.2, 0) is 9.53 Å². The number of carbonyl (C=O) groups excluding carboxylic acids is 1. The molecule has 0 aromatic heterocycles. The summed E-state index contributed by atoms with van der Waals surface area (Å²) in [6.07, 6.45) is 2.67. The molecule has 2 N–H and O–H groups in total. The van der Waals surface area contributed by atoms with Crippen LogP contribution in [0.5, 0.6) is 0 Å². The van der Waals surface area contributed by atoms with Crippen molar-refractivity contribution in [1.29, 1.82) is 5.26 Å². The van der Waals surface area contributed by atoms with E-state index in [4.69, 9.17) is 15.7 Å². The first-order chi connectivity index (χ1) is 15.0. The van der Waals surface area contributed by atoms with Crippen molar-refractivity contribution in [1.82, 2.24) is 4.90 Å². The van der Waals surface area contributed by atoms with Gasteiger partial charge in [-0.2, -0.15) is 5.26 Å². The van der Waals surface area contributed by atoms with Gasteiger partial charge in [-0.15, -0.1) is 0 Å². The van der Waals surface area contributed by atoms with Crippen molar-refractivity contribution < 1.29 is 9.53 Å². The molecule has 1 aliphatic rings. The molecule has 6 heteroatoms. The molecule has 2 rings (SSSR count). The molecular formula is C26H44N4O2. The summed E-state index contributed by atoms with van der Waals surface area (Å²) < 4.78 is 5.54. The fourth-order valence-electron chi connectivity index (χ4n) is 2.77. The Hall–Kier alpha value is -2.36. The number of piperazine rings is 1. The number of carbonyl (C=O) groups is 1. The van der Waals surface area contributed by atoms with Gasteiger partial charge in [-0.25, -0.2) is 0 Å². The molecule has 1 aromatic carbocycles. The number of nitrogens with zero attached hydrogens (tertiary/aromatic N) is 3. The first-order valence-electron chi connectivity index (χ1n) is 11.6. The molecule has 32 heavy (non-hydrogen) atoms. The van der Waals surface area contributed by atoms with Crippen molar-refractivity contribution in [2.45, 2.75) is 60.5 Å². The number of anilines is 1. The average molecular weight is 445 g/mol. The van der Waals surface area contributed by atoms with E-state index in [1.807, 2.05) is 38.1 Å². The summed E-state index contributed by atoms with van der Waals surface area (Å²) in [5.41, 5.74) is 7.08. The highest BCUT2D eigenvalue weighted by Crippen LogP contribution is 2.18. The standard InChI is InChI=1S/C15H18N4O.C9H20O.C2H6/c1-18-6-8-19(9-7-18)14-4-2-12(3-5-14)10-13(11-16)15(17)20;1-8(2)6-7-10-9(3,4)5;1-2/h2-5,10H,6-9H2,1H3,(H2,17,20);8H,6-7H2,1-5H3;1-2H3/b13-10+;;. The second-order valence-corrected chi connectivity index (χ2v) is 9.06. The van der Waals surface area contributed by atoms with Gasteiger partial charge in [-0.3, -0.25) is 4.79 Å². The van der Waals surface area contributed by atoms with Gasteiger partial charge in [0.1, 0.15) is 11.6 Å². The zero-order valence-corrected chi connectivity index (χ0v) is 21.4. The third kappa shape index (κ3) is 13.1. The fraction of sp³-hybridized carbons (Fsp3) is 0.615. The number of rotatable bonds is 6. The van der Waals surface area contributed by atoms with Gasteiger partial charge in [-0.05, 0) is 63.9 Å². The topological polar surface area (TPSA) is 82.6 Å². The van der Waals surface area contributed by atoms with Crippen molar-refractivity contribution in [3.8, 4) is 6.07 Å². The third-order valence-corrected chi connectivity index (χ3v) is 4.69. The SMILES string of the molecule is CC.CC(C)CCOC(C)(C)C.CN1CCN(c2ccc(/C=C(\C#N)C(N)=O)cc2)CC1. The van der Waals surface area contributed by atoms with Gasteiger partial charge in [0.25, 0.3) is 5.91 Å². The first kappa shape index (κ1) is 29.6. The number of nitriles is 1. The van der Waals surface area contributed by atoms with E-state index in [0.717, 1.165) is 56.4 Å². The van der Waals surface area contributed by atoms with Crippen molar-refractivity contribution in [2.75, 3.05) is 44.7 Å². The molecule has 0 atom stereocenters. The lowest BCUT2D eigenvalue weighted by Gasteiger charge is -2.34. The molecule has 0 bridgehead atoms. The molecule has 1 amide bonds. The highest BCUT2D eigenvalue weighted by molar-refractivity contribution is 6.00. The maximum absolute atomic E-state index is 11.0.